The molecule has 208 valence electrons. The van der Waals surface area contributed by atoms with Gasteiger partial charge < -0.3 is 20.1 Å². The number of esters is 1. The topological polar surface area (TPSA) is 120 Å². The first-order valence-electron chi connectivity index (χ1n) is 10.3. The molecule has 0 amide bonds. The summed E-state index contributed by atoms with van der Waals surface area (Å²) in [6, 6.07) is 16.7. The van der Waals surface area contributed by atoms with E-state index < -0.39 is 17.4 Å². The van der Waals surface area contributed by atoms with E-state index in [2.05, 4.69) is 44.8 Å². The number of rotatable bonds is 0. The van der Waals surface area contributed by atoms with Crippen LogP contribution in [0.3, 0.4) is 0 Å². The Balaban J connectivity index is -0.000000483. The Bertz CT molecular complexity index is 1380. The fourth-order valence-corrected chi connectivity index (χ4v) is 1.91. The van der Waals surface area contributed by atoms with Crippen LogP contribution in [0, 0.1) is 53.5 Å². The molecule has 0 spiro atoms. The van der Waals surface area contributed by atoms with E-state index in [-0.39, 0.29) is 41.8 Å². The van der Waals surface area contributed by atoms with Gasteiger partial charge in [0.05, 0.1) is 14.2 Å². The second kappa shape index (κ2) is 24.4. The second-order valence-electron chi connectivity index (χ2n) is 6.40. The van der Waals surface area contributed by atoms with Crippen molar-refractivity contribution in [3.8, 4) is 36.0 Å². The Hall–Kier alpha value is -4.61. The first kappa shape index (κ1) is 40.9. The molecule has 0 atom stereocenters. The minimum Gasteiger partial charge on any atom is -0.870 e. The Morgan fingerprint density at radius 1 is 0.707 bits per heavy atom. The third-order valence-corrected chi connectivity index (χ3v) is 3.82. The first-order valence-corrected chi connectivity index (χ1v) is 10.7. The molecule has 3 aromatic rings. The molecule has 41 heavy (non-hydrogen) atoms. The molecule has 7 nitrogen and oxygen atoms in total. The van der Waals surface area contributed by atoms with E-state index in [4.69, 9.17) is 11.5 Å². The van der Waals surface area contributed by atoms with Crippen molar-refractivity contribution >= 4 is 29.0 Å². The summed E-state index contributed by atoms with van der Waals surface area (Å²) in [6.07, 6.45) is 5.03. The van der Waals surface area contributed by atoms with Crippen LogP contribution in [-0.2, 0) is 19.1 Å². The van der Waals surface area contributed by atoms with E-state index in [9.17, 15) is 27.6 Å². The number of carbonyl (C=O) groups excluding carboxylic acids is 2. The Morgan fingerprint density at radius 2 is 1.02 bits per heavy atom. The van der Waals surface area contributed by atoms with Gasteiger partial charge in [0.25, 0.3) is 0 Å². The molecular weight excluding hydrogens is 560 g/mol. The average molecular weight is 581 g/mol. The summed E-state index contributed by atoms with van der Waals surface area (Å²) in [5, 5.41) is 8.18. The monoisotopic (exact) mass is 580 g/mol. The number of hydrogen-bond acceptors (Lipinski definition) is 6. The number of carboxylic acid groups (broad SMARTS) is 1. The summed E-state index contributed by atoms with van der Waals surface area (Å²) in [5.74, 6) is 8.68. The van der Waals surface area contributed by atoms with Crippen LogP contribution in [0.2, 0.25) is 0 Å². The maximum Gasteiger partial charge on any atom is 1.00 e. The van der Waals surface area contributed by atoms with Crippen LogP contribution in [0.1, 0.15) is 16.7 Å². The predicted octanol–water partition coefficient (Wildman–Crippen LogP) is 2.24. The van der Waals surface area contributed by atoms with Crippen molar-refractivity contribution in [2.45, 2.75) is 0 Å². The zero-order valence-electron chi connectivity index (χ0n) is 22.0. The van der Waals surface area contributed by atoms with Gasteiger partial charge in [-0.25, -0.2) is 27.6 Å². The number of ether oxygens (including phenoxy) is 2. The number of carboxylic acids is 1. The normalized spacial score (nSPS) is 7.83. The van der Waals surface area contributed by atoms with Crippen molar-refractivity contribution in [3.63, 3.8) is 0 Å². The van der Waals surface area contributed by atoms with Crippen molar-refractivity contribution < 1.29 is 66.5 Å². The predicted molar refractivity (Wildman–Crippen MR) is 141 cm³/mol. The van der Waals surface area contributed by atoms with E-state index in [0.29, 0.717) is 16.7 Å². The molecule has 0 aliphatic rings. The van der Waals surface area contributed by atoms with Crippen molar-refractivity contribution in [1.29, 1.82) is 0 Å². The maximum atomic E-state index is 12.4. The third kappa shape index (κ3) is 23.0. The van der Waals surface area contributed by atoms with Gasteiger partial charge in [0.2, 0.25) is 0 Å². The van der Waals surface area contributed by atoms with Gasteiger partial charge >= 0.3 is 36.2 Å². The van der Waals surface area contributed by atoms with Crippen molar-refractivity contribution in [2.75, 3.05) is 14.2 Å². The second-order valence-corrected chi connectivity index (χ2v) is 6.71. The van der Waals surface area contributed by atoms with E-state index in [1.54, 1.807) is 12.1 Å². The molecule has 0 saturated carbocycles. The number of carbonyl (C=O) groups is 3. The Morgan fingerprint density at radius 3 is 1.29 bits per heavy atom. The van der Waals surface area contributed by atoms with Crippen molar-refractivity contribution in [1.82, 2.24) is 0 Å². The van der Waals surface area contributed by atoms with Crippen LogP contribution in [-0.4, -0.2) is 42.2 Å². The number of methoxy groups -OCH3 is 2. The van der Waals surface area contributed by atoms with Gasteiger partial charge in [-0.05, 0) is 72.8 Å². The van der Waals surface area contributed by atoms with E-state index in [1.165, 1.54) is 74.9 Å². The van der Waals surface area contributed by atoms with Crippen molar-refractivity contribution in [3.05, 3.63) is 107 Å². The summed E-state index contributed by atoms with van der Waals surface area (Å²) in [4.78, 5) is 29.9. The molecule has 0 saturated heterocycles. The van der Waals surface area contributed by atoms with Crippen LogP contribution in [0.25, 0.3) is 0 Å². The third-order valence-electron chi connectivity index (χ3n) is 3.67. The smallest absolute Gasteiger partial charge is 0.870 e. The maximum absolute atomic E-state index is 12.4. The van der Waals surface area contributed by atoms with E-state index >= 15 is 0 Å². The van der Waals surface area contributed by atoms with Gasteiger partial charge in [-0.2, -0.15) is 0 Å². The van der Waals surface area contributed by atoms with Crippen LogP contribution < -0.4 is 18.9 Å². The van der Waals surface area contributed by atoms with E-state index in [0.717, 1.165) is 0 Å². The van der Waals surface area contributed by atoms with Gasteiger partial charge in [-0.1, -0.05) is 17.8 Å². The number of aliphatic carboxylic acids is 1. The molecule has 0 unspecified atom stereocenters. The van der Waals surface area contributed by atoms with E-state index in [1.807, 2.05) is 5.92 Å². The summed E-state index contributed by atoms with van der Waals surface area (Å²) < 4.78 is 45.1. The summed E-state index contributed by atoms with van der Waals surface area (Å²) >= 11 is 4.60. The molecule has 0 bridgehead atoms. The average Bonchev–Trinajstić information content (AvgIpc) is 2.93. The minimum atomic E-state index is -1.20. The minimum absolute atomic E-state index is 0. The molecule has 0 aliphatic heterocycles. The molecule has 12 heteroatoms. The van der Waals surface area contributed by atoms with Gasteiger partial charge in [0, 0.05) is 40.1 Å². The molecule has 3 rings (SSSR count). The molecule has 0 radical (unpaired) electrons. The zero-order valence-corrected chi connectivity index (χ0v) is 22.7. The number of hydrogen-bond donors (Lipinski definition) is 1. The summed E-state index contributed by atoms with van der Waals surface area (Å²) in [6.45, 7) is 0. The standard InChI is InChI=1S/C10H7FO2.C9H5FO2.C8H5F.C2H3ClO2.Li.H2O/c1-13-10(12)7-4-8-2-5-9(11)6-3-8;10-8-4-1-7(2-5-8)3-6-9(11)12;1-2-7-3-5-8(9)6-4-7;1-5-2(3)4;;/h2-3,5-6H,1H3;1-2,4-5H,(H,11,12);1,3-6H;1H3;;1H2/q;;;;+1;/p-1. The van der Waals surface area contributed by atoms with Crippen LogP contribution in [0.4, 0.5) is 18.0 Å². The van der Waals surface area contributed by atoms with Gasteiger partial charge in [0.1, 0.15) is 17.5 Å². The fourth-order valence-electron chi connectivity index (χ4n) is 1.91. The molecule has 0 fully saturated rings. The molecule has 3 aromatic carbocycles. The van der Waals surface area contributed by atoms with Gasteiger partial charge in [-0.3, -0.25) is 0 Å². The van der Waals surface area contributed by atoms with Crippen LogP contribution >= 0.6 is 11.6 Å². The van der Waals surface area contributed by atoms with Gasteiger partial charge in [-0.15, -0.1) is 6.42 Å². The molecular formula is C29H21ClF3LiO7. The van der Waals surface area contributed by atoms with Crippen LogP contribution in [0.15, 0.2) is 72.8 Å². The molecule has 0 aromatic heterocycles. The Kier molecular flexibility index (Phi) is 24.4. The molecule has 0 heterocycles. The number of terminal acetylenes is 1. The fraction of sp³-hybridized carbons (Fsp3) is 0.0690. The SMILES string of the molecule is C#Cc1ccc(F)cc1.COC(=O)C#Cc1ccc(F)cc1.COC(=O)Cl.O=C(O)C#Cc1ccc(F)cc1.[Li+].[OH-]. The van der Waals surface area contributed by atoms with Crippen molar-refractivity contribution in [2.24, 2.45) is 0 Å². The molecule has 0 aliphatic carbocycles. The van der Waals surface area contributed by atoms with Gasteiger partial charge in [0.15, 0.2) is 0 Å². The summed E-state index contributed by atoms with van der Waals surface area (Å²) in [7, 11) is 2.47. The summed E-state index contributed by atoms with van der Waals surface area (Å²) in [5.41, 5.74) is 0.993. The quantitative estimate of drug-likeness (QED) is 0.187. The zero-order chi connectivity index (χ0) is 29.6. The molecule has 2 N–H and O–H groups in total. The van der Waals surface area contributed by atoms with Crippen LogP contribution in [0.5, 0.6) is 0 Å². The number of halogens is 4. The number of benzene rings is 3. The first-order chi connectivity index (χ1) is 18.5. The Labute approximate surface area is 252 Å². The largest absolute Gasteiger partial charge is 1.00 e.